The number of rotatable bonds is 7. The maximum absolute atomic E-state index is 10.8. The Morgan fingerprint density at radius 3 is 2.54 bits per heavy atom. The van der Waals surface area contributed by atoms with Gasteiger partial charge in [-0.3, -0.25) is 9.59 Å². The van der Waals surface area contributed by atoms with E-state index in [9.17, 15) is 9.59 Å². The molecule has 0 spiro atoms. The molecule has 2 N–H and O–H groups in total. The highest BCUT2D eigenvalue weighted by Crippen LogP contribution is 2.03. The SMILES string of the molecule is CPC(=O)NCCCCCC(=O)O. The molecule has 1 unspecified atom stereocenters. The van der Waals surface area contributed by atoms with Crippen molar-refractivity contribution in [3.8, 4) is 0 Å². The summed E-state index contributed by atoms with van der Waals surface area (Å²) in [5.74, 6) is -0.751. The second kappa shape index (κ2) is 7.99. The van der Waals surface area contributed by atoms with E-state index in [0.29, 0.717) is 21.5 Å². The average Bonchev–Trinajstić information content (AvgIpc) is 2.10. The van der Waals surface area contributed by atoms with Crippen LogP contribution in [0.5, 0.6) is 0 Å². The highest BCUT2D eigenvalue weighted by atomic mass is 31.1. The zero-order chi connectivity index (χ0) is 10.1. The van der Waals surface area contributed by atoms with Crippen LogP contribution in [0.3, 0.4) is 0 Å². The summed E-state index contributed by atoms with van der Waals surface area (Å²) in [5.41, 5.74) is 0.0817. The molecule has 4 nitrogen and oxygen atoms in total. The van der Waals surface area contributed by atoms with Gasteiger partial charge in [-0.1, -0.05) is 6.42 Å². The number of hydrogen-bond donors (Lipinski definition) is 2. The molecule has 0 aliphatic carbocycles. The van der Waals surface area contributed by atoms with Gasteiger partial charge in [0.1, 0.15) is 0 Å². The van der Waals surface area contributed by atoms with E-state index in [4.69, 9.17) is 5.11 Å². The number of carbonyl (C=O) groups excluding carboxylic acids is 1. The minimum absolute atomic E-state index is 0.0817. The number of aliphatic carboxylic acids is 1. The Balaban J connectivity index is 3.08. The van der Waals surface area contributed by atoms with Gasteiger partial charge < -0.3 is 10.4 Å². The van der Waals surface area contributed by atoms with Crippen molar-refractivity contribution in [2.45, 2.75) is 25.7 Å². The molecular weight excluding hydrogens is 189 g/mol. The first-order valence-electron chi connectivity index (χ1n) is 4.34. The van der Waals surface area contributed by atoms with E-state index in [1.54, 1.807) is 0 Å². The van der Waals surface area contributed by atoms with Crippen LogP contribution < -0.4 is 5.32 Å². The second-order valence-corrected chi connectivity index (χ2v) is 3.66. The van der Waals surface area contributed by atoms with E-state index in [1.807, 2.05) is 6.66 Å². The number of carbonyl (C=O) groups is 2. The van der Waals surface area contributed by atoms with Crippen LogP contribution in [-0.2, 0) is 4.79 Å². The predicted molar refractivity (Wildman–Crippen MR) is 53.7 cm³/mol. The highest BCUT2D eigenvalue weighted by Gasteiger charge is 1.97. The summed E-state index contributed by atoms with van der Waals surface area (Å²) in [6, 6.07) is 0. The molecule has 76 valence electrons. The van der Waals surface area contributed by atoms with E-state index in [-0.39, 0.29) is 12.1 Å². The first kappa shape index (κ1) is 12.4. The van der Waals surface area contributed by atoms with E-state index in [1.165, 1.54) is 0 Å². The predicted octanol–water partition coefficient (Wildman–Crippen LogP) is 1.65. The summed E-state index contributed by atoms with van der Waals surface area (Å²) in [5, 5.41) is 11.1. The lowest BCUT2D eigenvalue weighted by Gasteiger charge is -2.01. The van der Waals surface area contributed by atoms with Crippen LogP contribution >= 0.6 is 8.58 Å². The lowest BCUT2D eigenvalue weighted by molar-refractivity contribution is -0.137. The number of hydrogen-bond acceptors (Lipinski definition) is 2. The highest BCUT2D eigenvalue weighted by molar-refractivity contribution is 7.56. The molecule has 0 aromatic rings. The van der Waals surface area contributed by atoms with E-state index in [2.05, 4.69) is 5.32 Å². The van der Waals surface area contributed by atoms with Crippen LogP contribution in [0.15, 0.2) is 0 Å². The summed E-state index contributed by atoms with van der Waals surface area (Å²) in [4.78, 5) is 20.9. The monoisotopic (exact) mass is 205 g/mol. The molecule has 0 rings (SSSR count). The van der Waals surface area contributed by atoms with Gasteiger partial charge in [-0.05, 0) is 28.1 Å². The molecule has 0 radical (unpaired) electrons. The normalized spacial score (nSPS) is 10.5. The molecule has 0 aliphatic heterocycles. The van der Waals surface area contributed by atoms with Gasteiger partial charge in [0.05, 0.1) is 0 Å². The van der Waals surface area contributed by atoms with Crippen molar-refractivity contribution in [2.75, 3.05) is 13.2 Å². The molecule has 0 aromatic carbocycles. The van der Waals surface area contributed by atoms with Crippen molar-refractivity contribution in [2.24, 2.45) is 0 Å². The van der Waals surface area contributed by atoms with Crippen molar-refractivity contribution < 1.29 is 14.7 Å². The summed E-state index contributed by atoms with van der Waals surface area (Å²) in [6.07, 6.45) is 2.64. The van der Waals surface area contributed by atoms with Gasteiger partial charge in [0.25, 0.3) is 0 Å². The second-order valence-electron chi connectivity index (χ2n) is 2.71. The van der Waals surface area contributed by atoms with Crippen molar-refractivity contribution in [1.82, 2.24) is 5.32 Å². The van der Waals surface area contributed by atoms with Gasteiger partial charge in [-0.2, -0.15) is 0 Å². The maximum atomic E-state index is 10.8. The molecule has 13 heavy (non-hydrogen) atoms. The summed E-state index contributed by atoms with van der Waals surface area (Å²) in [6.45, 7) is 2.50. The Morgan fingerprint density at radius 1 is 1.31 bits per heavy atom. The minimum Gasteiger partial charge on any atom is -0.481 e. The molecule has 0 bridgehead atoms. The molecule has 1 amide bonds. The van der Waals surface area contributed by atoms with E-state index < -0.39 is 5.97 Å². The number of unbranched alkanes of at least 4 members (excludes halogenated alkanes) is 2. The molecular formula is C8H16NO3P. The zero-order valence-corrected chi connectivity index (χ0v) is 8.80. The fourth-order valence-corrected chi connectivity index (χ4v) is 1.17. The lowest BCUT2D eigenvalue weighted by Crippen LogP contribution is -2.18. The van der Waals surface area contributed by atoms with Crippen LogP contribution in [-0.4, -0.2) is 29.9 Å². The standard InChI is InChI=1S/C8H16NO3P/c1-13-8(12)9-6-4-2-3-5-7(10)11/h13H,2-6H2,1H3,(H,9,12)(H,10,11). The minimum atomic E-state index is -0.751. The van der Waals surface area contributed by atoms with Gasteiger partial charge in [0, 0.05) is 13.0 Å². The smallest absolute Gasteiger partial charge is 0.303 e. The van der Waals surface area contributed by atoms with Gasteiger partial charge in [-0.25, -0.2) is 0 Å². The molecule has 0 saturated carbocycles. The van der Waals surface area contributed by atoms with Crippen molar-refractivity contribution in [3.05, 3.63) is 0 Å². The number of amides is 1. The molecule has 0 fully saturated rings. The first-order valence-corrected chi connectivity index (χ1v) is 5.84. The zero-order valence-electron chi connectivity index (χ0n) is 7.80. The summed E-state index contributed by atoms with van der Waals surface area (Å²) < 4.78 is 0. The molecule has 0 aromatic heterocycles. The molecule has 0 aliphatic rings. The maximum Gasteiger partial charge on any atom is 0.303 e. The molecule has 1 atom stereocenters. The topological polar surface area (TPSA) is 66.4 Å². The Kier molecular flexibility index (Phi) is 7.60. The van der Waals surface area contributed by atoms with Gasteiger partial charge in [0.15, 0.2) is 0 Å². The van der Waals surface area contributed by atoms with Crippen LogP contribution in [0.4, 0.5) is 4.79 Å². The van der Waals surface area contributed by atoms with Crippen LogP contribution in [0.25, 0.3) is 0 Å². The number of nitrogens with one attached hydrogen (secondary N) is 1. The molecule has 0 saturated heterocycles. The third-order valence-corrected chi connectivity index (χ3v) is 2.21. The van der Waals surface area contributed by atoms with Crippen molar-refractivity contribution >= 4 is 20.2 Å². The van der Waals surface area contributed by atoms with Crippen molar-refractivity contribution in [3.63, 3.8) is 0 Å². The van der Waals surface area contributed by atoms with Gasteiger partial charge >= 0.3 is 5.97 Å². The number of carboxylic acids is 1. The fourth-order valence-electron chi connectivity index (χ4n) is 0.868. The molecule has 0 heterocycles. The quantitative estimate of drug-likeness (QED) is 0.490. The lowest BCUT2D eigenvalue weighted by atomic mass is 10.2. The van der Waals surface area contributed by atoms with E-state index in [0.717, 1.165) is 12.8 Å². The third kappa shape index (κ3) is 9.28. The Morgan fingerprint density at radius 2 is 2.00 bits per heavy atom. The first-order chi connectivity index (χ1) is 6.16. The third-order valence-electron chi connectivity index (χ3n) is 1.58. The van der Waals surface area contributed by atoms with Crippen LogP contribution in [0.2, 0.25) is 0 Å². The van der Waals surface area contributed by atoms with Crippen molar-refractivity contribution in [1.29, 1.82) is 0 Å². The van der Waals surface area contributed by atoms with Crippen LogP contribution in [0, 0.1) is 0 Å². The fraction of sp³-hybridized carbons (Fsp3) is 0.750. The van der Waals surface area contributed by atoms with Gasteiger partial charge in [-0.15, -0.1) is 0 Å². The number of carboxylic acid groups (broad SMARTS) is 1. The summed E-state index contributed by atoms with van der Waals surface area (Å²) in [7, 11) is 0.296. The summed E-state index contributed by atoms with van der Waals surface area (Å²) >= 11 is 0. The Bertz CT molecular complexity index is 173. The van der Waals surface area contributed by atoms with Crippen LogP contribution in [0.1, 0.15) is 25.7 Å². The Hall–Kier alpha value is -0.630. The largest absolute Gasteiger partial charge is 0.481 e. The van der Waals surface area contributed by atoms with E-state index >= 15 is 0 Å². The molecule has 5 heteroatoms. The van der Waals surface area contributed by atoms with Gasteiger partial charge in [0.2, 0.25) is 5.65 Å². The Labute approximate surface area is 79.9 Å². The average molecular weight is 205 g/mol.